The molecule has 0 spiro atoms. The number of aromatic nitrogens is 2. The number of nitrogens with two attached hydrogens (primary N) is 1. The lowest BCUT2D eigenvalue weighted by atomic mass is 9.93. The van der Waals surface area contributed by atoms with Crippen LogP contribution in [-0.2, 0) is 0 Å². The van der Waals surface area contributed by atoms with Gasteiger partial charge in [-0.1, -0.05) is 18.2 Å². The topological polar surface area (TPSA) is 51.8 Å². The van der Waals surface area contributed by atoms with Gasteiger partial charge in [-0.05, 0) is 30.5 Å². The molecule has 0 aliphatic rings. The van der Waals surface area contributed by atoms with Crippen molar-refractivity contribution in [2.45, 2.75) is 19.9 Å². The number of aryl methyl sites for hydroxylation is 2. The normalized spacial score (nSPS) is 12.4. The molecule has 1 heterocycles. The second-order valence-corrected chi connectivity index (χ2v) is 3.95. The lowest BCUT2D eigenvalue weighted by molar-refractivity contribution is 0.834. The van der Waals surface area contributed by atoms with Crippen LogP contribution in [0.4, 0.5) is 0 Å². The van der Waals surface area contributed by atoms with E-state index in [-0.39, 0.29) is 6.04 Å². The number of nitrogens with zero attached hydrogens (tertiary/aromatic N) is 2. The molecular weight excluding hydrogens is 198 g/mol. The zero-order valence-corrected chi connectivity index (χ0v) is 9.51. The Hall–Kier alpha value is -1.74. The SMILES string of the molecule is Cc1cccc(C)c1C(N)c1cncnc1. The molecule has 1 aromatic heterocycles. The average Bonchev–Trinajstić information content (AvgIpc) is 2.30. The zero-order chi connectivity index (χ0) is 11.5. The fourth-order valence-corrected chi connectivity index (χ4v) is 1.96. The maximum Gasteiger partial charge on any atom is 0.115 e. The van der Waals surface area contributed by atoms with E-state index >= 15 is 0 Å². The fourth-order valence-electron chi connectivity index (χ4n) is 1.96. The summed E-state index contributed by atoms with van der Waals surface area (Å²) in [6, 6.07) is 6.04. The van der Waals surface area contributed by atoms with Gasteiger partial charge in [0.25, 0.3) is 0 Å². The van der Waals surface area contributed by atoms with Crippen molar-refractivity contribution in [1.82, 2.24) is 9.97 Å². The third kappa shape index (κ3) is 1.95. The molecule has 2 N–H and O–H groups in total. The summed E-state index contributed by atoms with van der Waals surface area (Å²) in [5.41, 5.74) is 10.8. The molecule has 0 saturated carbocycles. The van der Waals surface area contributed by atoms with Gasteiger partial charge in [0.2, 0.25) is 0 Å². The number of rotatable bonds is 2. The minimum absolute atomic E-state index is 0.151. The Kier molecular flexibility index (Phi) is 2.97. The second-order valence-electron chi connectivity index (χ2n) is 3.95. The molecule has 16 heavy (non-hydrogen) atoms. The third-order valence-corrected chi connectivity index (χ3v) is 2.79. The van der Waals surface area contributed by atoms with Gasteiger partial charge in [-0.2, -0.15) is 0 Å². The summed E-state index contributed by atoms with van der Waals surface area (Å²) >= 11 is 0. The third-order valence-electron chi connectivity index (χ3n) is 2.79. The van der Waals surface area contributed by atoms with Crippen LogP contribution in [0.1, 0.15) is 28.3 Å². The van der Waals surface area contributed by atoms with Crippen molar-refractivity contribution in [1.29, 1.82) is 0 Å². The monoisotopic (exact) mass is 213 g/mol. The molecule has 82 valence electrons. The molecule has 0 amide bonds. The van der Waals surface area contributed by atoms with Crippen LogP contribution < -0.4 is 5.73 Å². The van der Waals surface area contributed by atoms with E-state index in [4.69, 9.17) is 5.73 Å². The maximum atomic E-state index is 6.24. The second kappa shape index (κ2) is 4.41. The average molecular weight is 213 g/mol. The minimum atomic E-state index is -0.151. The Balaban J connectivity index is 2.46. The first-order valence-electron chi connectivity index (χ1n) is 5.26. The van der Waals surface area contributed by atoms with E-state index < -0.39 is 0 Å². The number of benzene rings is 1. The van der Waals surface area contributed by atoms with Gasteiger partial charge >= 0.3 is 0 Å². The summed E-state index contributed by atoms with van der Waals surface area (Å²) in [6.07, 6.45) is 5.05. The van der Waals surface area contributed by atoms with Gasteiger partial charge in [-0.25, -0.2) is 9.97 Å². The summed E-state index contributed by atoms with van der Waals surface area (Å²) in [4.78, 5) is 8.00. The summed E-state index contributed by atoms with van der Waals surface area (Å²) in [5.74, 6) is 0. The van der Waals surface area contributed by atoms with Crippen LogP contribution in [-0.4, -0.2) is 9.97 Å². The fraction of sp³-hybridized carbons (Fsp3) is 0.231. The zero-order valence-electron chi connectivity index (χ0n) is 9.51. The Morgan fingerprint density at radius 1 is 1.06 bits per heavy atom. The highest BCUT2D eigenvalue weighted by molar-refractivity contribution is 5.40. The molecule has 0 fully saturated rings. The van der Waals surface area contributed by atoms with Crippen molar-refractivity contribution in [3.63, 3.8) is 0 Å². The highest BCUT2D eigenvalue weighted by Gasteiger charge is 2.13. The summed E-state index contributed by atoms with van der Waals surface area (Å²) in [6.45, 7) is 4.15. The molecule has 1 aromatic carbocycles. The molecule has 2 rings (SSSR count). The Morgan fingerprint density at radius 3 is 2.19 bits per heavy atom. The molecular formula is C13H15N3. The number of hydrogen-bond donors (Lipinski definition) is 1. The predicted octanol–water partition coefficient (Wildman–Crippen LogP) is 2.14. The molecule has 0 radical (unpaired) electrons. The predicted molar refractivity (Wildman–Crippen MR) is 64.0 cm³/mol. The van der Waals surface area contributed by atoms with Gasteiger partial charge < -0.3 is 5.73 Å². The summed E-state index contributed by atoms with van der Waals surface area (Å²) < 4.78 is 0. The van der Waals surface area contributed by atoms with E-state index in [1.54, 1.807) is 12.4 Å². The van der Waals surface area contributed by atoms with Crippen molar-refractivity contribution < 1.29 is 0 Å². The molecule has 1 atom stereocenters. The highest BCUT2D eigenvalue weighted by atomic mass is 14.8. The summed E-state index contributed by atoms with van der Waals surface area (Å²) in [7, 11) is 0. The van der Waals surface area contributed by atoms with Crippen molar-refractivity contribution >= 4 is 0 Å². The van der Waals surface area contributed by atoms with Crippen LogP contribution in [0.3, 0.4) is 0 Å². The van der Waals surface area contributed by atoms with Crippen LogP contribution >= 0.6 is 0 Å². The smallest absolute Gasteiger partial charge is 0.115 e. The van der Waals surface area contributed by atoms with E-state index in [0.717, 1.165) is 11.1 Å². The van der Waals surface area contributed by atoms with Crippen molar-refractivity contribution in [2.75, 3.05) is 0 Å². The van der Waals surface area contributed by atoms with Crippen LogP contribution in [0, 0.1) is 13.8 Å². The molecule has 3 nitrogen and oxygen atoms in total. The Morgan fingerprint density at radius 2 is 1.62 bits per heavy atom. The first-order chi connectivity index (χ1) is 7.70. The maximum absolute atomic E-state index is 6.24. The lowest BCUT2D eigenvalue weighted by Gasteiger charge is -2.17. The van der Waals surface area contributed by atoms with E-state index in [1.165, 1.54) is 17.5 Å². The Labute approximate surface area is 95.4 Å². The lowest BCUT2D eigenvalue weighted by Crippen LogP contribution is -2.15. The van der Waals surface area contributed by atoms with Gasteiger partial charge in [0.1, 0.15) is 6.33 Å². The largest absolute Gasteiger partial charge is 0.320 e. The number of hydrogen-bond acceptors (Lipinski definition) is 3. The quantitative estimate of drug-likeness (QED) is 0.831. The molecule has 3 heteroatoms. The van der Waals surface area contributed by atoms with Gasteiger partial charge in [0.05, 0.1) is 6.04 Å². The van der Waals surface area contributed by atoms with Gasteiger partial charge in [0, 0.05) is 18.0 Å². The molecule has 0 bridgehead atoms. The molecule has 1 unspecified atom stereocenters. The first-order valence-corrected chi connectivity index (χ1v) is 5.26. The van der Waals surface area contributed by atoms with Crippen LogP contribution in [0.15, 0.2) is 36.9 Å². The van der Waals surface area contributed by atoms with Crippen LogP contribution in [0.25, 0.3) is 0 Å². The minimum Gasteiger partial charge on any atom is -0.320 e. The molecule has 0 aliphatic carbocycles. The van der Waals surface area contributed by atoms with Crippen LogP contribution in [0.2, 0.25) is 0 Å². The molecule has 0 aliphatic heterocycles. The van der Waals surface area contributed by atoms with Gasteiger partial charge in [-0.15, -0.1) is 0 Å². The van der Waals surface area contributed by atoms with Gasteiger partial charge in [-0.3, -0.25) is 0 Å². The van der Waals surface area contributed by atoms with Gasteiger partial charge in [0.15, 0.2) is 0 Å². The molecule has 0 saturated heterocycles. The van der Waals surface area contributed by atoms with Crippen molar-refractivity contribution in [2.24, 2.45) is 5.73 Å². The Bertz CT molecular complexity index is 460. The molecule has 2 aromatic rings. The summed E-state index contributed by atoms with van der Waals surface area (Å²) in [5, 5.41) is 0. The van der Waals surface area contributed by atoms with E-state index in [9.17, 15) is 0 Å². The van der Waals surface area contributed by atoms with E-state index in [1.807, 2.05) is 6.07 Å². The van der Waals surface area contributed by atoms with Crippen molar-refractivity contribution in [3.05, 3.63) is 59.2 Å². The highest BCUT2D eigenvalue weighted by Crippen LogP contribution is 2.24. The first kappa shape index (κ1) is 10.8. The van der Waals surface area contributed by atoms with E-state index in [0.29, 0.717) is 0 Å². The van der Waals surface area contributed by atoms with Crippen molar-refractivity contribution in [3.8, 4) is 0 Å². The van der Waals surface area contributed by atoms with E-state index in [2.05, 4.69) is 35.9 Å². The van der Waals surface area contributed by atoms with Crippen LogP contribution in [0.5, 0.6) is 0 Å². The standard InChI is InChI=1S/C13H15N3/c1-9-4-3-5-10(2)12(9)13(14)11-6-15-8-16-7-11/h3-8,13H,14H2,1-2H3.